The second-order valence-electron chi connectivity index (χ2n) is 4.40. The van der Waals surface area contributed by atoms with Crippen molar-refractivity contribution in [3.63, 3.8) is 0 Å². The standard InChI is InChI=1S/C15H9Cl3O3/c16-9-2-1-3-10(17)14(9)15(19)8-6-12-13(7-11(8)18)21-5-4-20-12/h1-3,6-7H,4-5H2. The maximum Gasteiger partial charge on any atom is 0.197 e. The summed E-state index contributed by atoms with van der Waals surface area (Å²) in [4.78, 5) is 12.6. The van der Waals surface area contributed by atoms with Crippen molar-refractivity contribution in [3.8, 4) is 11.5 Å². The van der Waals surface area contributed by atoms with Gasteiger partial charge in [-0.3, -0.25) is 4.79 Å². The van der Waals surface area contributed by atoms with Crippen molar-refractivity contribution in [1.82, 2.24) is 0 Å². The topological polar surface area (TPSA) is 35.5 Å². The van der Waals surface area contributed by atoms with Crippen LogP contribution < -0.4 is 9.47 Å². The van der Waals surface area contributed by atoms with Gasteiger partial charge in [0.05, 0.1) is 20.6 Å². The van der Waals surface area contributed by atoms with Gasteiger partial charge in [-0.25, -0.2) is 0 Å². The molecule has 0 aliphatic carbocycles. The first-order valence-electron chi connectivity index (χ1n) is 6.16. The number of hydrogen-bond donors (Lipinski definition) is 0. The summed E-state index contributed by atoms with van der Waals surface area (Å²) < 4.78 is 10.9. The first-order chi connectivity index (χ1) is 10.1. The van der Waals surface area contributed by atoms with Crippen LogP contribution in [-0.2, 0) is 0 Å². The van der Waals surface area contributed by atoms with Gasteiger partial charge in [-0.1, -0.05) is 40.9 Å². The van der Waals surface area contributed by atoms with Crippen LogP contribution in [0.15, 0.2) is 30.3 Å². The third kappa shape index (κ3) is 2.69. The summed E-state index contributed by atoms with van der Waals surface area (Å²) in [5.41, 5.74) is 0.496. The van der Waals surface area contributed by atoms with E-state index in [-0.39, 0.29) is 32.0 Å². The van der Waals surface area contributed by atoms with E-state index >= 15 is 0 Å². The number of ether oxygens (including phenoxy) is 2. The molecule has 108 valence electrons. The molecule has 0 fully saturated rings. The second-order valence-corrected chi connectivity index (χ2v) is 5.62. The van der Waals surface area contributed by atoms with Gasteiger partial charge in [-0.15, -0.1) is 0 Å². The summed E-state index contributed by atoms with van der Waals surface area (Å²) >= 11 is 18.3. The fourth-order valence-electron chi connectivity index (χ4n) is 2.09. The molecule has 2 aromatic rings. The summed E-state index contributed by atoms with van der Waals surface area (Å²) in [5.74, 6) is 0.651. The Morgan fingerprint density at radius 2 is 1.48 bits per heavy atom. The SMILES string of the molecule is O=C(c1cc2c(cc1Cl)OCCO2)c1c(Cl)cccc1Cl. The maximum absolute atomic E-state index is 12.6. The number of carbonyl (C=O) groups is 1. The predicted molar refractivity (Wildman–Crippen MR) is 82.3 cm³/mol. The van der Waals surface area contributed by atoms with Crippen LogP contribution in [0.2, 0.25) is 15.1 Å². The van der Waals surface area contributed by atoms with E-state index in [0.29, 0.717) is 24.7 Å². The van der Waals surface area contributed by atoms with Crippen molar-refractivity contribution in [2.45, 2.75) is 0 Å². The van der Waals surface area contributed by atoms with E-state index in [9.17, 15) is 4.79 Å². The maximum atomic E-state index is 12.6. The van der Waals surface area contributed by atoms with Crippen molar-refractivity contribution in [2.24, 2.45) is 0 Å². The smallest absolute Gasteiger partial charge is 0.197 e. The Morgan fingerprint density at radius 3 is 2.10 bits per heavy atom. The molecule has 1 aliphatic heterocycles. The molecular weight excluding hydrogens is 335 g/mol. The number of halogens is 3. The van der Waals surface area contributed by atoms with Crippen molar-refractivity contribution in [3.05, 3.63) is 56.5 Å². The summed E-state index contributed by atoms with van der Waals surface area (Å²) in [7, 11) is 0. The lowest BCUT2D eigenvalue weighted by molar-refractivity contribution is 0.103. The van der Waals surface area contributed by atoms with Crippen LogP contribution in [0.4, 0.5) is 0 Å². The molecule has 0 radical (unpaired) electrons. The molecule has 3 nitrogen and oxygen atoms in total. The highest BCUT2D eigenvalue weighted by atomic mass is 35.5. The summed E-state index contributed by atoms with van der Waals surface area (Å²) in [6, 6.07) is 8.00. The fraction of sp³-hybridized carbons (Fsp3) is 0.133. The molecule has 21 heavy (non-hydrogen) atoms. The van der Waals surface area contributed by atoms with Crippen LogP contribution in [0.25, 0.3) is 0 Å². The van der Waals surface area contributed by atoms with Crippen molar-refractivity contribution < 1.29 is 14.3 Å². The Morgan fingerprint density at radius 1 is 0.905 bits per heavy atom. The number of carbonyl (C=O) groups excluding carboxylic acids is 1. The Hall–Kier alpha value is -1.42. The lowest BCUT2D eigenvalue weighted by Crippen LogP contribution is -2.16. The molecule has 0 N–H and O–H groups in total. The van der Waals surface area contributed by atoms with Crippen molar-refractivity contribution >= 4 is 40.6 Å². The average Bonchev–Trinajstić information content (AvgIpc) is 2.46. The number of benzene rings is 2. The highest BCUT2D eigenvalue weighted by Gasteiger charge is 2.23. The van der Waals surface area contributed by atoms with E-state index < -0.39 is 0 Å². The molecule has 3 rings (SSSR count). The van der Waals surface area contributed by atoms with Gasteiger partial charge in [0.25, 0.3) is 0 Å². The molecule has 0 unspecified atom stereocenters. The van der Waals surface area contributed by atoms with Gasteiger partial charge in [-0.2, -0.15) is 0 Å². The molecule has 0 saturated carbocycles. The molecule has 0 aromatic heterocycles. The normalized spacial score (nSPS) is 13.1. The monoisotopic (exact) mass is 342 g/mol. The van der Waals surface area contributed by atoms with Crippen LogP contribution in [0, 0.1) is 0 Å². The Kier molecular flexibility index (Phi) is 3.98. The molecular formula is C15H9Cl3O3. The highest BCUT2D eigenvalue weighted by Crippen LogP contribution is 2.37. The molecule has 1 aliphatic rings. The van der Waals surface area contributed by atoms with Crippen LogP contribution in [0.3, 0.4) is 0 Å². The van der Waals surface area contributed by atoms with Gasteiger partial charge in [0.2, 0.25) is 0 Å². The van der Waals surface area contributed by atoms with E-state index in [2.05, 4.69) is 0 Å². The first-order valence-corrected chi connectivity index (χ1v) is 7.29. The highest BCUT2D eigenvalue weighted by molar-refractivity contribution is 6.42. The lowest BCUT2D eigenvalue weighted by Gasteiger charge is -2.19. The lowest BCUT2D eigenvalue weighted by atomic mass is 10.0. The number of ketones is 1. The van der Waals surface area contributed by atoms with Gasteiger partial charge in [0, 0.05) is 11.6 Å². The third-order valence-electron chi connectivity index (χ3n) is 3.07. The number of hydrogen-bond acceptors (Lipinski definition) is 3. The minimum Gasteiger partial charge on any atom is -0.486 e. The summed E-state index contributed by atoms with van der Waals surface area (Å²) in [5, 5.41) is 0.817. The van der Waals surface area contributed by atoms with Crippen LogP contribution >= 0.6 is 34.8 Å². The zero-order chi connectivity index (χ0) is 15.0. The first kappa shape index (κ1) is 14.5. The number of fused-ring (bicyclic) bond motifs is 1. The van der Waals surface area contributed by atoms with E-state index in [1.807, 2.05) is 0 Å². The molecule has 0 amide bonds. The molecule has 2 aromatic carbocycles. The summed E-state index contributed by atoms with van der Waals surface area (Å²) in [6.45, 7) is 0.877. The van der Waals surface area contributed by atoms with Crippen LogP contribution in [-0.4, -0.2) is 19.0 Å². The molecule has 0 bridgehead atoms. The molecule has 1 heterocycles. The summed E-state index contributed by atoms with van der Waals surface area (Å²) in [6.07, 6.45) is 0. The van der Waals surface area contributed by atoms with Gasteiger partial charge >= 0.3 is 0 Å². The van der Waals surface area contributed by atoms with Gasteiger partial charge in [-0.05, 0) is 18.2 Å². The Labute approximate surface area is 136 Å². The van der Waals surface area contributed by atoms with E-state index in [1.165, 1.54) is 0 Å². The minimum absolute atomic E-state index is 0.222. The Bertz CT molecular complexity index is 708. The minimum atomic E-state index is -0.354. The Balaban J connectivity index is 2.10. The van der Waals surface area contributed by atoms with E-state index in [4.69, 9.17) is 44.3 Å². The molecule has 0 saturated heterocycles. The number of rotatable bonds is 2. The van der Waals surface area contributed by atoms with E-state index in [1.54, 1.807) is 30.3 Å². The average molecular weight is 344 g/mol. The van der Waals surface area contributed by atoms with Gasteiger partial charge in [0.15, 0.2) is 17.3 Å². The molecule has 6 heteroatoms. The van der Waals surface area contributed by atoms with Crippen LogP contribution in [0.5, 0.6) is 11.5 Å². The molecule has 0 spiro atoms. The zero-order valence-electron chi connectivity index (χ0n) is 10.7. The zero-order valence-corrected chi connectivity index (χ0v) is 12.9. The molecule has 0 atom stereocenters. The third-order valence-corrected chi connectivity index (χ3v) is 4.01. The largest absolute Gasteiger partial charge is 0.486 e. The van der Waals surface area contributed by atoms with Crippen molar-refractivity contribution in [2.75, 3.05) is 13.2 Å². The predicted octanol–water partition coefficient (Wildman–Crippen LogP) is 4.65. The van der Waals surface area contributed by atoms with Gasteiger partial charge < -0.3 is 9.47 Å². The van der Waals surface area contributed by atoms with Gasteiger partial charge in [0.1, 0.15) is 13.2 Å². The second kappa shape index (κ2) is 5.76. The van der Waals surface area contributed by atoms with Crippen LogP contribution in [0.1, 0.15) is 15.9 Å². The van der Waals surface area contributed by atoms with E-state index in [0.717, 1.165) is 0 Å². The fourth-order valence-corrected chi connectivity index (χ4v) is 2.90. The quantitative estimate of drug-likeness (QED) is 0.745. The van der Waals surface area contributed by atoms with Crippen molar-refractivity contribution in [1.29, 1.82) is 0 Å².